The third kappa shape index (κ3) is 2.54. The molecular formula is C14H19NO3. The zero-order chi connectivity index (χ0) is 13.2. The Labute approximate surface area is 107 Å². The minimum Gasteiger partial charge on any atom is -0.385 e. The molecule has 2 rings (SSSR count). The van der Waals surface area contributed by atoms with Gasteiger partial charge in [-0.2, -0.15) is 0 Å². The molecule has 1 aromatic rings. The van der Waals surface area contributed by atoms with Crippen molar-refractivity contribution in [2.75, 3.05) is 13.2 Å². The van der Waals surface area contributed by atoms with E-state index in [2.05, 4.69) is 5.32 Å². The van der Waals surface area contributed by atoms with Crippen LogP contribution in [0.3, 0.4) is 0 Å². The van der Waals surface area contributed by atoms with Crippen molar-refractivity contribution >= 4 is 5.91 Å². The topological polar surface area (TPSA) is 58.6 Å². The van der Waals surface area contributed by atoms with Gasteiger partial charge in [0.15, 0.2) is 0 Å². The van der Waals surface area contributed by atoms with Gasteiger partial charge in [0.05, 0.1) is 6.10 Å². The molecule has 2 N–H and O–H groups in total. The molecule has 0 bridgehead atoms. The Hall–Kier alpha value is -1.39. The molecule has 0 aromatic heterocycles. The standard InChI is InChI=1S/C14H19NO3/c1-10-5-3-4-6-12(10)13(16)15-9-14(17)7-8-18-11(14)2/h3-6,11,17H,7-9H2,1-2H3,(H,15,16). The summed E-state index contributed by atoms with van der Waals surface area (Å²) in [6.07, 6.45) is 0.317. The number of aliphatic hydroxyl groups is 1. The van der Waals surface area contributed by atoms with Gasteiger partial charge in [-0.15, -0.1) is 0 Å². The number of hydrogen-bond acceptors (Lipinski definition) is 3. The summed E-state index contributed by atoms with van der Waals surface area (Å²) in [6.45, 7) is 4.48. The Balaban J connectivity index is 1.99. The highest BCUT2D eigenvalue weighted by Crippen LogP contribution is 2.24. The zero-order valence-electron chi connectivity index (χ0n) is 10.8. The van der Waals surface area contributed by atoms with Crippen LogP contribution in [0, 0.1) is 6.92 Å². The number of amides is 1. The van der Waals surface area contributed by atoms with E-state index in [9.17, 15) is 9.90 Å². The molecule has 1 aromatic carbocycles. The summed E-state index contributed by atoms with van der Waals surface area (Å²) in [7, 11) is 0. The highest BCUT2D eigenvalue weighted by atomic mass is 16.5. The lowest BCUT2D eigenvalue weighted by Gasteiger charge is -2.26. The maximum absolute atomic E-state index is 12.0. The summed E-state index contributed by atoms with van der Waals surface area (Å²) in [4.78, 5) is 12.0. The van der Waals surface area contributed by atoms with Crippen LogP contribution in [0.1, 0.15) is 29.3 Å². The van der Waals surface area contributed by atoms with Gasteiger partial charge in [0.2, 0.25) is 0 Å². The summed E-state index contributed by atoms with van der Waals surface area (Å²) in [5, 5.41) is 13.1. The van der Waals surface area contributed by atoms with Crippen molar-refractivity contribution in [3.05, 3.63) is 35.4 Å². The molecule has 2 unspecified atom stereocenters. The number of nitrogens with one attached hydrogen (secondary N) is 1. The molecule has 18 heavy (non-hydrogen) atoms. The van der Waals surface area contributed by atoms with Gasteiger partial charge in [0.1, 0.15) is 5.60 Å². The molecule has 1 saturated heterocycles. The number of rotatable bonds is 3. The van der Waals surface area contributed by atoms with Gasteiger partial charge >= 0.3 is 0 Å². The first-order chi connectivity index (χ1) is 8.53. The average Bonchev–Trinajstić information content (AvgIpc) is 2.68. The van der Waals surface area contributed by atoms with E-state index in [0.29, 0.717) is 18.6 Å². The van der Waals surface area contributed by atoms with Crippen LogP contribution in [-0.2, 0) is 4.74 Å². The minimum absolute atomic E-state index is 0.152. The summed E-state index contributed by atoms with van der Waals surface area (Å²) < 4.78 is 5.33. The normalized spacial score (nSPS) is 27.2. The second kappa shape index (κ2) is 5.08. The highest BCUT2D eigenvalue weighted by molar-refractivity contribution is 5.95. The second-order valence-electron chi connectivity index (χ2n) is 4.86. The molecule has 0 aliphatic carbocycles. The average molecular weight is 249 g/mol. The van der Waals surface area contributed by atoms with Gasteiger partial charge in [-0.1, -0.05) is 18.2 Å². The first kappa shape index (κ1) is 13.1. The second-order valence-corrected chi connectivity index (χ2v) is 4.86. The van der Waals surface area contributed by atoms with E-state index < -0.39 is 5.60 Å². The number of carbonyl (C=O) groups excluding carboxylic acids is 1. The SMILES string of the molecule is Cc1ccccc1C(=O)NCC1(O)CCOC1C. The van der Waals surface area contributed by atoms with Crippen LogP contribution in [0.15, 0.2) is 24.3 Å². The summed E-state index contributed by atoms with van der Waals surface area (Å²) in [5.41, 5.74) is 0.628. The Morgan fingerprint density at radius 1 is 1.56 bits per heavy atom. The fraction of sp³-hybridized carbons (Fsp3) is 0.500. The van der Waals surface area contributed by atoms with Crippen molar-refractivity contribution < 1.29 is 14.6 Å². The molecule has 0 spiro atoms. The third-order valence-electron chi connectivity index (χ3n) is 3.60. The van der Waals surface area contributed by atoms with Crippen molar-refractivity contribution in [1.82, 2.24) is 5.32 Å². The smallest absolute Gasteiger partial charge is 0.251 e. The van der Waals surface area contributed by atoms with Crippen molar-refractivity contribution in [2.45, 2.75) is 32.0 Å². The molecule has 98 valence electrons. The molecule has 0 saturated carbocycles. The van der Waals surface area contributed by atoms with Crippen LogP contribution in [0.2, 0.25) is 0 Å². The quantitative estimate of drug-likeness (QED) is 0.848. The molecule has 0 radical (unpaired) electrons. The van der Waals surface area contributed by atoms with Crippen LogP contribution < -0.4 is 5.32 Å². The Morgan fingerprint density at radius 2 is 2.28 bits per heavy atom. The van der Waals surface area contributed by atoms with E-state index in [1.54, 1.807) is 6.07 Å². The first-order valence-corrected chi connectivity index (χ1v) is 6.21. The molecule has 4 heteroatoms. The van der Waals surface area contributed by atoms with E-state index in [0.717, 1.165) is 5.56 Å². The van der Waals surface area contributed by atoms with Crippen LogP contribution in [-0.4, -0.2) is 35.9 Å². The van der Waals surface area contributed by atoms with E-state index in [-0.39, 0.29) is 18.6 Å². The number of aryl methyl sites for hydroxylation is 1. The first-order valence-electron chi connectivity index (χ1n) is 6.21. The monoisotopic (exact) mass is 249 g/mol. The Kier molecular flexibility index (Phi) is 3.68. The maximum atomic E-state index is 12.0. The van der Waals surface area contributed by atoms with Crippen LogP contribution >= 0.6 is 0 Å². The van der Waals surface area contributed by atoms with Gasteiger partial charge < -0.3 is 15.2 Å². The number of benzene rings is 1. The van der Waals surface area contributed by atoms with Gasteiger partial charge in [-0.3, -0.25) is 4.79 Å². The predicted molar refractivity (Wildman–Crippen MR) is 68.5 cm³/mol. The van der Waals surface area contributed by atoms with Gasteiger partial charge in [-0.05, 0) is 25.5 Å². The maximum Gasteiger partial charge on any atom is 0.251 e. The summed E-state index contributed by atoms with van der Waals surface area (Å²) in [6, 6.07) is 7.40. The van der Waals surface area contributed by atoms with Gasteiger partial charge in [0.25, 0.3) is 5.91 Å². The van der Waals surface area contributed by atoms with E-state index in [1.807, 2.05) is 32.0 Å². The fourth-order valence-electron chi connectivity index (χ4n) is 2.16. The van der Waals surface area contributed by atoms with E-state index >= 15 is 0 Å². The van der Waals surface area contributed by atoms with Crippen molar-refractivity contribution in [1.29, 1.82) is 0 Å². The van der Waals surface area contributed by atoms with Crippen molar-refractivity contribution in [2.24, 2.45) is 0 Å². The lowest BCUT2D eigenvalue weighted by Crippen LogP contribution is -2.47. The van der Waals surface area contributed by atoms with Crippen molar-refractivity contribution in [3.63, 3.8) is 0 Å². The molecule has 1 aliphatic heterocycles. The minimum atomic E-state index is -0.946. The molecule has 1 aliphatic rings. The Bertz CT molecular complexity index is 446. The zero-order valence-corrected chi connectivity index (χ0v) is 10.8. The summed E-state index contributed by atoms with van der Waals surface area (Å²) in [5.74, 6) is -0.152. The molecule has 1 heterocycles. The molecule has 1 amide bonds. The van der Waals surface area contributed by atoms with E-state index in [4.69, 9.17) is 4.74 Å². The largest absolute Gasteiger partial charge is 0.385 e. The molecule has 1 fully saturated rings. The number of hydrogen-bond donors (Lipinski definition) is 2. The number of carbonyl (C=O) groups is 1. The summed E-state index contributed by atoms with van der Waals surface area (Å²) >= 11 is 0. The van der Waals surface area contributed by atoms with Crippen molar-refractivity contribution in [3.8, 4) is 0 Å². The molecule has 4 nitrogen and oxygen atoms in total. The number of ether oxygens (including phenoxy) is 1. The van der Waals surface area contributed by atoms with Crippen LogP contribution in [0.5, 0.6) is 0 Å². The van der Waals surface area contributed by atoms with Gasteiger partial charge in [-0.25, -0.2) is 0 Å². The van der Waals surface area contributed by atoms with Crippen LogP contribution in [0.25, 0.3) is 0 Å². The predicted octanol–water partition coefficient (Wildman–Crippen LogP) is 1.26. The highest BCUT2D eigenvalue weighted by Gasteiger charge is 2.39. The molecular weight excluding hydrogens is 230 g/mol. The third-order valence-corrected chi connectivity index (χ3v) is 3.60. The Morgan fingerprint density at radius 3 is 2.89 bits per heavy atom. The lowest BCUT2D eigenvalue weighted by atomic mass is 9.96. The van der Waals surface area contributed by atoms with E-state index in [1.165, 1.54) is 0 Å². The van der Waals surface area contributed by atoms with Gasteiger partial charge in [0, 0.05) is 25.1 Å². The molecule has 2 atom stereocenters. The van der Waals surface area contributed by atoms with Crippen LogP contribution in [0.4, 0.5) is 0 Å². The fourth-order valence-corrected chi connectivity index (χ4v) is 2.16. The lowest BCUT2D eigenvalue weighted by molar-refractivity contribution is -0.0251.